The van der Waals surface area contributed by atoms with E-state index >= 15 is 0 Å². The van der Waals surface area contributed by atoms with E-state index in [2.05, 4.69) is 4.74 Å². The van der Waals surface area contributed by atoms with E-state index in [-0.39, 0.29) is 5.69 Å². The van der Waals surface area contributed by atoms with Gasteiger partial charge in [-0.15, -0.1) is 0 Å². The quantitative estimate of drug-likeness (QED) is 0.770. The Morgan fingerprint density at radius 3 is 2.50 bits per heavy atom. The van der Waals surface area contributed by atoms with Gasteiger partial charge >= 0.3 is 6.18 Å². The fourth-order valence-electron chi connectivity index (χ4n) is 1.04. The number of anilines is 1. The third-order valence-electron chi connectivity index (χ3n) is 1.68. The SMILES string of the molecule is NC(=O)COc1ccc(N)cc1C(F)(F)F. The van der Waals surface area contributed by atoms with E-state index in [0.29, 0.717) is 0 Å². The van der Waals surface area contributed by atoms with Gasteiger partial charge in [0.1, 0.15) is 5.75 Å². The molecule has 88 valence electrons. The number of hydrogen-bond acceptors (Lipinski definition) is 3. The summed E-state index contributed by atoms with van der Waals surface area (Å²) in [6, 6.07) is 3.02. The molecular formula is C9H9F3N2O2. The second-order valence-corrected chi connectivity index (χ2v) is 3.01. The molecule has 0 aromatic heterocycles. The highest BCUT2D eigenvalue weighted by Crippen LogP contribution is 2.37. The van der Waals surface area contributed by atoms with Crippen molar-refractivity contribution in [1.29, 1.82) is 0 Å². The highest BCUT2D eigenvalue weighted by atomic mass is 19.4. The summed E-state index contributed by atoms with van der Waals surface area (Å²) in [5.41, 5.74) is 8.92. The highest BCUT2D eigenvalue weighted by Gasteiger charge is 2.34. The van der Waals surface area contributed by atoms with Gasteiger partial charge in [0.15, 0.2) is 6.61 Å². The Hall–Kier alpha value is -1.92. The minimum Gasteiger partial charge on any atom is -0.483 e. The van der Waals surface area contributed by atoms with Crippen LogP contribution >= 0.6 is 0 Å². The summed E-state index contributed by atoms with van der Waals surface area (Å²) in [7, 11) is 0. The molecule has 0 radical (unpaired) electrons. The van der Waals surface area contributed by atoms with Gasteiger partial charge in [-0.1, -0.05) is 0 Å². The van der Waals surface area contributed by atoms with Crippen molar-refractivity contribution < 1.29 is 22.7 Å². The van der Waals surface area contributed by atoms with Crippen LogP contribution in [-0.2, 0) is 11.0 Å². The van der Waals surface area contributed by atoms with E-state index in [9.17, 15) is 18.0 Å². The van der Waals surface area contributed by atoms with E-state index in [4.69, 9.17) is 11.5 Å². The first-order valence-electron chi connectivity index (χ1n) is 4.18. The van der Waals surface area contributed by atoms with Crippen molar-refractivity contribution in [2.45, 2.75) is 6.18 Å². The Balaban J connectivity index is 3.03. The molecule has 0 unspecified atom stereocenters. The lowest BCUT2D eigenvalue weighted by Gasteiger charge is -2.13. The Labute approximate surface area is 89.0 Å². The monoisotopic (exact) mass is 234 g/mol. The van der Waals surface area contributed by atoms with Crippen molar-refractivity contribution in [2.24, 2.45) is 5.73 Å². The van der Waals surface area contributed by atoms with Crippen molar-refractivity contribution in [1.82, 2.24) is 0 Å². The average Bonchev–Trinajstić information content (AvgIpc) is 2.14. The molecule has 1 aromatic rings. The second-order valence-electron chi connectivity index (χ2n) is 3.01. The molecule has 0 heterocycles. The molecule has 0 aliphatic rings. The number of alkyl halides is 3. The van der Waals surface area contributed by atoms with Crippen molar-refractivity contribution in [3.05, 3.63) is 23.8 Å². The normalized spacial score (nSPS) is 11.2. The number of carbonyl (C=O) groups is 1. The van der Waals surface area contributed by atoms with Crippen LogP contribution in [0.15, 0.2) is 18.2 Å². The molecule has 1 rings (SSSR count). The van der Waals surface area contributed by atoms with E-state index in [1.807, 2.05) is 0 Å². The molecule has 0 aliphatic heterocycles. The molecule has 0 aliphatic carbocycles. The van der Waals surface area contributed by atoms with Gasteiger partial charge in [-0.25, -0.2) is 0 Å². The number of amides is 1. The maximum atomic E-state index is 12.5. The van der Waals surface area contributed by atoms with Crippen molar-refractivity contribution in [3.8, 4) is 5.75 Å². The van der Waals surface area contributed by atoms with E-state index in [1.165, 1.54) is 6.07 Å². The predicted octanol–water partition coefficient (Wildman–Crippen LogP) is 1.15. The van der Waals surface area contributed by atoms with E-state index in [0.717, 1.165) is 12.1 Å². The maximum absolute atomic E-state index is 12.5. The molecule has 7 heteroatoms. The lowest BCUT2D eigenvalue weighted by atomic mass is 10.1. The average molecular weight is 234 g/mol. The number of hydrogen-bond donors (Lipinski definition) is 2. The van der Waals surface area contributed by atoms with E-state index in [1.54, 1.807) is 0 Å². The third kappa shape index (κ3) is 3.04. The lowest BCUT2D eigenvalue weighted by Crippen LogP contribution is -2.21. The molecular weight excluding hydrogens is 225 g/mol. The van der Waals surface area contributed by atoms with E-state index < -0.39 is 30.0 Å². The molecule has 0 bridgehead atoms. The van der Waals surface area contributed by atoms with Crippen LogP contribution in [0.4, 0.5) is 18.9 Å². The Kier molecular flexibility index (Phi) is 3.26. The van der Waals surface area contributed by atoms with Crippen LogP contribution in [0.25, 0.3) is 0 Å². The molecule has 0 saturated carbocycles. The Bertz CT molecular complexity index is 404. The van der Waals surface area contributed by atoms with Crippen molar-refractivity contribution in [2.75, 3.05) is 12.3 Å². The minimum absolute atomic E-state index is 0.0428. The first kappa shape index (κ1) is 12.2. The summed E-state index contributed by atoms with van der Waals surface area (Å²) in [4.78, 5) is 10.4. The summed E-state index contributed by atoms with van der Waals surface area (Å²) in [6.07, 6.45) is -4.59. The standard InChI is InChI=1S/C9H9F3N2O2/c10-9(11,12)6-3-5(13)1-2-7(6)16-4-8(14)15/h1-3H,4,13H2,(H2,14,15). The largest absolute Gasteiger partial charge is 0.483 e. The number of halogens is 3. The summed E-state index contributed by atoms with van der Waals surface area (Å²) in [6.45, 7) is -0.618. The summed E-state index contributed by atoms with van der Waals surface area (Å²) < 4.78 is 42.1. The lowest BCUT2D eigenvalue weighted by molar-refractivity contribution is -0.139. The highest BCUT2D eigenvalue weighted by molar-refractivity contribution is 5.75. The van der Waals surface area contributed by atoms with Crippen LogP contribution in [0.2, 0.25) is 0 Å². The number of benzene rings is 1. The minimum atomic E-state index is -4.59. The Morgan fingerprint density at radius 2 is 2.00 bits per heavy atom. The number of carbonyl (C=O) groups excluding carboxylic acids is 1. The van der Waals surface area contributed by atoms with Gasteiger partial charge in [-0.05, 0) is 18.2 Å². The predicted molar refractivity (Wildman–Crippen MR) is 50.5 cm³/mol. The van der Waals surface area contributed by atoms with Gasteiger partial charge < -0.3 is 16.2 Å². The fraction of sp³-hybridized carbons (Fsp3) is 0.222. The van der Waals surface area contributed by atoms with Crippen LogP contribution in [0.5, 0.6) is 5.75 Å². The molecule has 1 aromatic carbocycles. The zero-order valence-corrected chi connectivity index (χ0v) is 8.04. The molecule has 0 fully saturated rings. The van der Waals surface area contributed by atoms with Crippen molar-refractivity contribution in [3.63, 3.8) is 0 Å². The molecule has 0 atom stereocenters. The first-order valence-corrected chi connectivity index (χ1v) is 4.18. The van der Waals surface area contributed by atoms with Crippen molar-refractivity contribution >= 4 is 11.6 Å². The number of nitrogens with two attached hydrogens (primary N) is 2. The number of primary amides is 1. The van der Waals surface area contributed by atoms with Crippen LogP contribution in [0, 0.1) is 0 Å². The zero-order valence-electron chi connectivity index (χ0n) is 8.04. The fourth-order valence-corrected chi connectivity index (χ4v) is 1.04. The molecule has 0 spiro atoms. The summed E-state index contributed by atoms with van der Waals surface area (Å²) in [5, 5.41) is 0. The summed E-state index contributed by atoms with van der Waals surface area (Å²) >= 11 is 0. The van der Waals surface area contributed by atoms with Gasteiger partial charge in [0, 0.05) is 5.69 Å². The number of nitrogen functional groups attached to an aromatic ring is 1. The van der Waals surface area contributed by atoms with Crippen LogP contribution < -0.4 is 16.2 Å². The first-order chi connectivity index (χ1) is 7.30. The van der Waals surface area contributed by atoms with Gasteiger partial charge in [0.2, 0.25) is 0 Å². The topological polar surface area (TPSA) is 78.3 Å². The molecule has 4 nitrogen and oxygen atoms in total. The summed E-state index contributed by atoms with van der Waals surface area (Å²) in [5.74, 6) is -1.33. The van der Waals surface area contributed by atoms with Gasteiger partial charge in [0.25, 0.3) is 5.91 Å². The third-order valence-corrected chi connectivity index (χ3v) is 1.68. The Morgan fingerprint density at radius 1 is 1.38 bits per heavy atom. The van der Waals surface area contributed by atoms with Crippen LogP contribution in [-0.4, -0.2) is 12.5 Å². The zero-order chi connectivity index (χ0) is 12.3. The molecule has 16 heavy (non-hydrogen) atoms. The smallest absolute Gasteiger partial charge is 0.420 e. The molecule has 4 N–H and O–H groups in total. The van der Waals surface area contributed by atoms with Crippen LogP contribution in [0.1, 0.15) is 5.56 Å². The van der Waals surface area contributed by atoms with Gasteiger partial charge in [-0.2, -0.15) is 13.2 Å². The second kappa shape index (κ2) is 4.30. The molecule has 1 amide bonds. The number of ether oxygens (including phenoxy) is 1. The van der Waals surface area contributed by atoms with Gasteiger partial charge in [0.05, 0.1) is 5.56 Å². The number of rotatable bonds is 3. The molecule has 0 saturated heterocycles. The van der Waals surface area contributed by atoms with Gasteiger partial charge in [-0.3, -0.25) is 4.79 Å². The maximum Gasteiger partial charge on any atom is 0.420 e. The van der Waals surface area contributed by atoms with Crippen LogP contribution in [0.3, 0.4) is 0 Å².